The maximum absolute atomic E-state index is 12.8. The van der Waals surface area contributed by atoms with E-state index in [1.54, 1.807) is 12.1 Å². The SMILES string of the molecule is Fc1ccc(Cn2[c-]nc3ccccc32)cc1.O=C(OCCOCCN1CC[CH-]CC1)N1CCC(=C2c3ccc(Cl)cc3CCc3cccnc32)CC1.[Y]. The minimum atomic E-state index is -0.249. The summed E-state index contributed by atoms with van der Waals surface area (Å²) in [6.07, 6.45) is 12.8. The van der Waals surface area contributed by atoms with Crippen LogP contribution in [-0.2, 0) is 61.6 Å². The van der Waals surface area contributed by atoms with Crippen molar-refractivity contribution in [2.45, 2.75) is 45.1 Å². The van der Waals surface area contributed by atoms with Crippen molar-refractivity contribution in [3.63, 3.8) is 0 Å². The molecule has 11 heteroatoms. The Morgan fingerprint density at radius 2 is 1.65 bits per heavy atom. The van der Waals surface area contributed by atoms with Crippen LogP contribution in [0.4, 0.5) is 9.18 Å². The zero-order valence-corrected chi connectivity index (χ0v) is 34.2. The first-order valence-electron chi connectivity index (χ1n) is 18.6. The first-order valence-corrected chi connectivity index (χ1v) is 19.0. The van der Waals surface area contributed by atoms with Gasteiger partial charge in [-0.25, -0.2) is 9.18 Å². The van der Waals surface area contributed by atoms with Crippen LogP contribution in [0.15, 0.2) is 90.6 Å². The molecule has 0 unspecified atom stereocenters. The molecule has 3 aliphatic rings. The molecule has 0 spiro atoms. The number of pyridine rings is 1. The van der Waals surface area contributed by atoms with Gasteiger partial charge in [0.25, 0.3) is 0 Å². The average Bonchev–Trinajstić information content (AvgIpc) is 3.52. The van der Waals surface area contributed by atoms with Gasteiger partial charge in [0.05, 0.1) is 18.9 Å². The van der Waals surface area contributed by atoms with Gasteiger partial charge in [-0.05, 0) is 91.4 Å². The minimum absolute atomic E-state index is 0. The van der Waals surface area contributed by atoms with E-state index in [9.17, 15) is 9.18 Å². The van der Waals surface area contributed by atoms with Gasteiger partial charge in [0.15, 0.2) is 0 Å². The molecule has 5 aromatic rings. The van der Waals surface area contributed by atoms with Crippen molar-refractivity contribution in [2.75, 3.05) is 52.5 Å². The fourth-order valence-electron chi connectivity index (χ4n) is 7.29. The van der Waals surface area contributed by atoms with E-state index >= 15 is 0 Å². The molecule has 8 rings (SSSR count). The van der Waals surface area contributed by atoms with Gasteiger partial charge in [0, 0.05) is 82.0 Å². The Morgan fingerprint density at radius 3 is 2.46 bits per heavy atom. The molecule has 0 N–H and O–H groups in total. The molecule has 2 aliphatic heterocycles. The molecule has 1 amide bonds. The third-order valence-corrected chi connectivity index (χ3v) is 10.4. The molecule has 0 saturated carbocycles. The predicted octanol–water partition coefficient (Wildman–Crippen LogP) is 8.21. The monoisotopic (exact) mass is 822 g/mol. The zero-order chi connectivity index (χ0) is 36.4. The van der Waals surface area contributed by atoms with Gasteiger partial charge in [-0.2, -0.15) is 12.8 Å². The summed E-state index contributed by atoms with van der Waals surface area (Å²) >= 11 is 6.33. The summed E-state index contributed by atoms with van der Waals surface area (Å²) in [6, 6.07) is 24.7. The second-order valence-corrected chi connectivity index (χ2v) is 14.1. The molecular weight excluding hydrogens is 778 g/mol. The number of benzene rings is 3. The molecule has 4 heterocycles. The van der Waals surface area contributed by atoms with Gasteiger partial charge in [-0.15, -0.1) is 12.1 Å². The van der Waals surface area contributed by atoms with Crippen LogP contribution in [-0.4, -0.2) is 83.0 Å². The van der Waals surface area contributed by atoms with E-state index < -0.39 is 0 Å². The normalized spacial score (nSPS) is 15.7. The van der Waals surface area contributed by atoms with E-state index in [1.165, 1.54) is 40.0 Å². The summed E-state index contributed by atoms with van der Waals surface area (Å²) in [5.41, 5.74) is 10.4. The predicted molar refractivity (Wildman–Crippen MR) is 206 cm³/mol. The van der Waals surface area contributed by atoms with Crippen LogP contribution >= 0.6 is 11.6 Å². The molecule has 0 atom stereocenters. The third-order valence-electron chi connectivity index (χ3n) is 10.1. The van der Waals surface area contributed by atoms with Gasteiger partial charge in [0.2, 0.25) is 0 Å². The number of para-hydroxylation sites is 2. The Kier molecular flexibility index (Phi) is 14.8. The van der Waals surface area contributed by atoms with Crippen molar-refractivity contribution in [3.8, 4) is 0 Å². The second kappa shape index (κ2) is 19.9. The number of aryl methyl sites for hydroxylation is 2. The van der Waals surface area contributed by atoms with E-state index in [4.69, 9.17) is 26.1 Å². The Balaban J connectivity index is 0.000000231. The average molecular weight is 823 g/mol. The van der Waals surface area contributed by atoms with Gasteiger partial charge in [-0.1, -0.05) is 64.6 Å². The summed E-state index contributed by atoms with van der Waals surface area (Å²) in [7, 11) is 0. The van der Waals surface area contributed by atoms with Crippen LogP contribution in [0, 0.1) is 18.6 Å². The van der Waals surface area contributed by atoms with Gasteiger partial charge >= 0.3 is 6.09 Å². The van der Waals surface area contributed by atoms with Crippen LogP contribution in [0.2, 0.25) is 5.02 Å². The second-order valence-electron chi connectivity index (χ2n) is 13.6. The fraction of sp³-hybridized carbons (Fsp3) is 0.349. The number of ether oxygens (including phenoxy) is 2. The van der Waals surface area contributed by atoms with Crippen molar-refractivity contribution in [1.29, 1.82) is 0 Å². The Bertz CT molecular complexity index is 2020. The summed E-state index contributed by atoms with van der Waals surface area (Å²) in [4.78, 5) is 25.9. The minimum Gasteiger partial charge on any atom is -0.447 e. The number of carbonyl (C=O) groups is 1. The van der Waals surface area contributed by atoms with Crippen LogP contribution < -0.4 is 0 Å². The van der Waals surface area contributed by atoms with Crippen molar-refractivity contribution >= 4 is 34.3 Å². The van der Waals surface area contributed by atoms with E-state index in [2.05, 4.69) is 40.8 Å². The number of amides is 1. The molecule has 279 valence electrons. The Labute approximate surface area is 347 Å². The van der Waals surface area contributed by atoms with Crippen LogP contribution in [0.5, 0.6) is 0 Å². The molecule has 2 fully saturated rings. The molecule has 0 bridgehead atoms. The van der Waals surface area contributed by atoms with E-state index in [0.29, 0.717) is 39.5 Å². The number of imidazole rings is 1. The topological polar surface area (TPSA) is 72.7 Å². The summed E-state index contributed by atoms with van der Waals surface area (Å²) in [5.74, 6) is -0.215. The molecule has 1 aliphatic carbocycles. The molecule has 2 aromatic heterocycles. The maximum atomic E-state index is 12.8. The fourth-order valence-corrected chi connectivity index (χ4v) is 7.49. The number of likely N-dealkylation sites (tertiary alicyclic amines) is 2. The summed E-state index contributed by atoms with van der Waals surface area (Å²) in [5, 5.41) is 0.767. The van der Waals surface area contributed by atoms with Crippen LogP contribution in [0.1, 0.15) is 53.6 Å². The van der Waals surface area contributed by atoms with E-state index in [1.807, 2.05) is 52.1 Å². The summed E-state index contributed by atoms with van der Waals surface area (Å²) < 4.78 is 25.9. The molecular formula is C43H45ClFN5O3Y-2. The third kappa shape index (κ3) is 10.4. The first-order chi connectivity index (χ1) is 26.0. The van der Waals surface area contributed by atoms with Gasteiger partial charge in [-0.3, -0.25) is 4.98 Å². The van der Waals surface area contributed by atoms with Crippen molar-refractivity contribution < 1.29 is 51.4 Å². The Morgan fingerprint density at radius 1 is 0.870 bits per heavy atom. The standard InChI is InChI=1S/C29H35ClN3O3.C14H10FN2.Y/c30-25-8-9-26-24(21-25)7-6-23-5-4-12-31-28(23)27(26)22-10-15-33(16-11-22)29(34)36-20-19-35-18-17-32-13-2-1-3-14-32;15-12-7-5-11(6-8-12)9-17-10-16-13-3-1-2-4-14(13)17;/h1,4-5,8-9,12,21H,2-3,6-7,10-11,13-20H2;1-8H,9H2;/q2*-1;. The number of nitrogens with zero attached hydrogens (tertiary/aromatic N) is 5. The molecule has 3 aromatic carbocycles. The molecule has 8 nitrogen and oxygen atoms in total. The van der Waals surface area contributed by atoms with Gasteiger partial charge < -0.3 is 35.2 Å². The van der Waals surface area contributed by atoms with Crippen molar-refractivity contribution in [1.82, 2.24) is 24.3 Å². The van der Waals surface area contributed by atoms with Crippen molar-refractivity contribution in [3.05, 3.63) is 142 Å². The Hall–Kier alpha value is -3.47. The molecule has 2 saturated heterocycles. The smallest absolute Gasteiger partial charge is 0.409 e. The van der Waals surface area contributed by atoms with Gasteiger partial charge in [0.1, 0.15) is 12.4 Å². The summed E-state index contributed by atoms with van der Waals surface area (Å²) in [6.45, 7) is 6.54. The number of carbonyl (C=O) groups excluding carboxylic acids is 1. The number of halogens is 2. The quantitative estimate of drug-likeness (QED) is 0.116. The van der Waals surface area contributed by atoms with Crippen LogP contribution in [0.3, 0.4) is 0 Å². The van der Waals surface area contributed by atoms with E-state index in [0.717, 1.165) is 85.5 Å². The maximum Gasteiger partial charge on any atom is 0.409 e. The number of hydrogen-bond donors (Lipinski definition) is 0. The number of aromatic nitrogens is 3. The van der Waals surface area contributed by atoms with E-state index in [-0.39, 0.29) is 44.6 Å². The molecule has 1 radical (unpaired) electrons. The molecule has 54 heavy (non-hydrogen) atoms. The number of hydrogen-bond acceptors (Lipinski definition) is 6. The largest absolute Gasteiger partial charge is 0.447 e. The first kappa shape index (κ1) is 40.2. The van der Waals surface area contributed by atoms with Crippen LogP contribution in [0.25, 0.3) is 16.6 Å². The number of piperidine rings is 2. The number of fused-ring (bicyclic) bond motifs is 3. The zero-order valence-electron chi connectivity index (χ0n) is 30.6. The van der Waals surface area contributed by atoms with Crippen molar-refractivity contribution in [2.24, 2.45) is 0 Å². The number of rotatable bonds is 8.